The van der Waals surface area contributed by atoms with Crippen LogP contribution in [0.4, 0.5) is 4.39 Å². The number of aromatic nitrogens is 4. The summed E-state index contributed by atoms with van der Waals surface area (Å²) in [5.74, 6) is 1.50. The highest BCUT2D eigenvalue weighted by Crippen LogP contribution is 2.32. The highest BCUT2D eigenvalue weighted by atomic mass is 19.1. The number of halogens is 1. The normalized spacial score (nSPS) is 17.7. The van der Waals surface area contributed by atoms with Gasteiger partial charge in [-0.2, -0.15) is 0 Å². The van der Waals surface area contributed by atoms with Crippen molar-refractivity contribution in [1.82, 2.24) is 24.4 Å². The fraction of sp³-hybridized carbons (Fsp3) is 0.350. The summed E-state index contributed by atoms with van der Waals surface area (Å²) in [7, 11) is 1.97. The predicted octanol–water partition coefficient (Wildman–Crippen LogP) is 3.66. The van der Waals surface area contributed by atoms with Gasteiger partial charge in [-0.3, -0.25) is 4.90 Å². The number of aryl methyl sites for hydroxylation is 2. The molecule has 3 aromatic rings. The lowest BCUT2D eigenvalue weighted by atomic mass is 10.1. The Balaban J connectivity index is 1.62. The highest BCUT2D eigenvalue weighted by Gasteiger charge is 2.29. The molecule has 0 amide bonds. The van der Waals surface area contributed by atoms with Crippen LogP contribution in [0.5, 0.6) is 0 Å². The quantitative estimate of drug-likeness (QED) is 0.720. The van der Waals surface area contributed by atoms with Crippen LogP contribution in [0.25, 0.3) is 11.5 Å². The second-order valence-corrected chi connectivity index (χ2v) is 6.87. The average Bonchev–Trinajstić information content (AvgIpc) is 3.25. The summed E-state index contributed by atoms with van der Waals surface area (Å²) in [6.07, 6.45) is 5.84. The molecule has 1 fully saturated rings. The maximum absolute atomic E-state index is 13.2. The molecule has 0 radical (unpaired) electrons. The number of likely N-dealkylation sites (tertiary alicyclic amines) is 1. The van der Waals surface area contributed by atoms with Gasteiger partial charge in [0.15, 0.2) is 5.82 Å². The zero-order chi connectivity index (χ0) is 18.1. The molecule has 5 nitrogen and oxygen atoms in total. The standard InChI is InChI=1S/C20H22FN5/c1-14-12-17(20-22-9-11-25(20)2)24-19(23-14)18-4-3-10-26(18)13-15-5-7-16(21)8-6-15/h5-9,11-12,18H,3-4,10,13H2,1-2H3. The smallest absolute Gasteiger partial charge is 0.158 e. The first-order valence-corrected chi connectivity index (χ1v) is 8.92. The molecule has 1 saturated heterocycles. The topological polar surface area (TPSA) is 46.8 Å². The minimum Gasteiger partial charge on any atom is -0.333 e. The third kappa shape index (κ3) is 3.37. The first kappa shape index (κ1) is 16.8. The Kier molecular flexibility index (Phi) is 4.51. The zero-order valence-electron chi connectivity index (χ0n) is 15.1. The van der Waals surface area contributed by atoms with Gasteiger partial charge in [0.1, 0.15) is 17.3 Å². The van der Waals surface area contributed by atoms with Crippen molar-refractivity contribution in [3.05, 3.63) is 65.6 Å². The largest absolute Gasteiger partial charge is 0.333 e. The van der Waals surface area contributed by atoms with Crippen molar-refractivity contribution in [2.24, 2.45) is 7.05 Å². The summed E-state index contributed by atoms with van der Waals surface area (Å²) in [5.41, 5.74) is 2.91. The van der Waals surface area contributed by atoms with E-state index in [9.17, 15) is 4.39 Å². The molecule has 1 unspecified atom stereocenters. The summed E-state index contributed by atoms with van der Waals surface area (Å²) in [4.78, 5) is 16.3. The van der Waals surface area contributed by atoms with Gasteiger partial charge in [-0.05, 0) is 50.1 Å². The average molecular weight is 351 g/mol. The van der Waals surface area contributed by atoms with E-state index in [1.54, 1.807) is 6.20 Å². The molecule has 134 valence electrons. The molecule has 1 aliphatic heterocycles. The SMILES string of the molecule is Cc1cc(-c2nccn2C)nc(C2CCCN2Cc2ccc(F)cc2)n1. The molecule has 0 aliphatic carbocycles. The van der Waals surface area contributed by atoms with Gasteiger partial charge in [0.2, 0.25) is 0 Å². The molecule has 6 heteroatoms. The molecule has 2 aromatic heterocycles. The Labute approximate surface area is 152 Å². The van der Waals surface area contributed by atoms with Crippen LogP contribution in [0.2, 0.25) is 0 Å². The molecule has 0 spiro atoms. The first-order chi connectivity index (χ1) is 12.6. The minimum absolute atomic E-state index is 0.180. The van der Waals surface area contributed by atoms with Crippen LogP contribution in [-0.4, -0.2) is 31.0 Å². The Hall–Kier alpha value is -2.60. The number of hydrogen-bond acceptors (Lipinski definition) is 4. The number of hydrogen-bond donors (Lipinski definition) is 0. The van der Waals surface area contributed by atoms with Crippen molar-refractivity contribution in [3.63, 3.8) is 0 Å². The van der Waals surface area contributed by atoms with Crippen LogP contribution in [0.15, 0.2) is 42.7 Å². The van der Waals surface area contributed by atoms with Crippen LogP contribution in [0, 0.1) is 12.7 Å². The van der Waals surface area contributed by atoms with Crippen LogP contribution in [0.3, 0.4) is 0 Å². The maximum Gasteiger partial charge on any atom is 0.158 e. The van der Waals surface area contributed by atoms with Crippen molar-refractivity contribution in [2.45, 2.75) is 32.4 Å². The predicted molar refractivity (Wildman–Crippen MR) is 97.8 cm³/mol. The van der Waals surface area contributed by atoms with Crippen LogP contribution in [-0.2, 0) is 13.6 Å². The highest BCUT2D eigenvalue weighted by molar-refractivity contribution is 5.50. The van der Waals surface area contributed by atoms with E-state index in [1.807, 2.05) is 42.9 Å². The van der Waals surface area contributed by atoms with E-state index in [2.05, 4.69) is 9.88 Å². The Bertz CT molecular complexity index is 903. The molecule has 1 atom stereocenters. The fourth-order valence-electron chi connectivity index (χ4n) is 3.60. The summed E-state index contributed by atoms with van der Waals surface area (Å²) < 4.78 is 15.1. The molecule has 1 aliphatic rings. The van der Waals surface area contributed by atoms with Gasteiger partial charge in [-0.1, -0.05) is 12.1 Å². The Morgan fingerprint density at radius 3 is 2.73 bits per heavy atom. The van der Waals surface area contributed by atoms with Gasteiger partial charge >= 0.3 is 0 Å². The van der Waals surface area contributed by atoms with E-state index in [0.29, 0.717) is 0 Å². The molecule has 0 bridgehead atoms. The summed E-state index contributed by atoms with van der Waals surface area (Å²) in [6, 6.07) is 8.89. The lowest BCUT2D eigenvalue weighted by molar-refractivity contribution is 0.239. The van der Waals surface area contributed by atoms with Crippen LogP contribution in [0.1, 0.15) is 36.0 Å². The Morgan fingerprint density at radius 1 is 1.19 bits per heavy atom. The van der Waals surface area contributed by atoms with E-state index in [1.165, 1.54) is 12.1 Å². The number of rotatable bonds is 4. The summed E-state index contributed by atoms with van der Waals surface area (Å²) in [5, 5.41) is 0. The second-order valence-electron chi connectivity index (χ2n) is 6.87. The van der Waals surface area contributed by atoms with Gasteiger partial charge < -0.3 is 4.57 Å². The van der Waals surface area contributed by atoms with E-state index < -0.39 is 0 Å². The van der Waals surface area contributed by atoms with Gasteiger partial charge in [-0.25, -0.2) is 19.3 Å². The minimum atomic E-state index is -0.201. The van der Waals surface area contributed by atoms with Gasteiger partial charge in [0.05, 0.1) is 6.04 Å². The molecular weight excluding hydrogens is 329 g/mol. The second kappa shape index (κ2) is 6.96. The maximum atomic E-state index is 13.2. The van der Waals surface area contributed by atoms with E-state index in [-0.39, 0.29) is 11.9 Å². The number of nitrogens with zero attached hydrogens (tertiary/aromatic N) is 5. The summed E-state index contributed by atoms with van der Waals surface area (Å²) >= 11 is 0. The van der Waals surface area contributed by atoms with Gasteiger partial charge in [0, 0.05) is 31.7 Å². The monoisotopic (exact) mass is 351 g/mol. The molecule has 0 saturated carbocycles. The van der Waals surface area contributed by atoms with Crippen LogP contribution < -0.4 is 0 Å². The van der Waals surface area contributed by atoms with Crippen molar-refractivity contribution >= 4 is 0 Å². The summed E-state index contributed by atoms with van der Waals surface area (Å²) in [6.45, 7) is 3.77. The zero-order valence-corrected chi connectivity index (χ0v) is 15.1. The van der Waals surface area contributed by atoms with Gasteiger partial charge in [-0.15, -0.1) is 0 Å². The van der Waals surface area contributed by atoms with Crippen molar-refractivity contribution in [3.8, 4) is 11.5 Å². The Morgan fingerprint density at radius 2 is 2.00 bits per heavy atom. The molecular formula is C20H22FN5. The fourth-order valence-corrected chi connectivity index (χ4v) is 3.60. The van der Waals surface area contributed by atoms with E-state index in [0.717, 1.165) is 54.5 Å². The van der Waals surface area contributed by atoms with E-state index >= 15 is 0 Å². The van der Waals surface area contributed by atoms with Gasteiger partial charge in [0.25, 0.3) is 0 Å². The molecule has 26 heavy (non-hydrogen) atoms. The lowest BCUT2D eigenvalue weighted by Gasteiger charge is -2.24. The third-order valence-electron chi connectivity index (χ3n) is 4.88. The first-order valence-electron chi connectivity index (χ1n) is 8.92. The third-order valence-corrected chi connectivity index (χ3v) is 4.88. The molecule has 4 rings (SSSR count). The molecule has 1 aromatic carbocycles. The number of benzene rings is 1. The van der Waals surface area contributed by atoms with Crippen molar-refractivity contribution in [1.29, 1.82) is 0 Å². The molecule has 0 N–H and O–H groups in total. The molecule has 3 heterocycles. The van der Waals surface area contributed by atoms with Crippen LogP contribution >= 0.6 is 0 Å². The lowest BCUT2D eigenvalue weighted by Crippen LogP contribution is -2.24. The van der Waals surface area contributed by atoms with E-state index in [4.69, 9.17) is 9.97 Å². The van der Waals surface area contributed by atoms with Crippen molar-refractivity contribution in [2.75, 3.05) is 6.54 Å². The van der Waals surface area contributed by atoms with Crippen molar-refractivity contribution < 1.29 is 4.39 Å². The number of imidazole rings is 1.